The molecule has 0 saturated carbocycles. The molecule has 1 aliphatic rings. The summed E-state index contributed by atoms with van der Waals surface area (Å²) < 4.78 is 1.87. The Balaban J connectivity index is 1.56. The molecule has 0 fully saturated rings. The number of thioether (sulfide) groups is 1. The molecule has 0 spiro atoms. The third-order valence-corrected chi connectivity index (χ3v) is 6.91. The van der Waals surface area contributed by atoms with E-state index >= 15 is 0 Å². The van der Waals surface area contributed by atoms with Crippen LogP contribution in [0.4, 0.5) is 5.69 Å². The van der Waals surface area contributed by atoms with Gasteiger partial charge in [0.15, 0.2) is 11.6 Å². The summed E-state index contributed by atoms with van der Waals surface area (Å²) in [6.45, 7) is 1.95. The van der Waals surface area contributed by atoms with Gasteiger partial charge >= 0.3 is 0 Å². The normalized spacial score (nSPS) is 17.2. The molecule has 7 nitrogen and oxygen atoms in total. The van der Waals surface area contributed by atoms with E-state index in [1.807, 2.05) is 68.2 Å². The van der Waals surface area contributed by atoms with Crippen molar-refractivity contribution in [3.63, 3.8) is 0 Å². The molecule has 3 heterocycles. The molecule has 0 amide bonds. The van der Waals surface area contributed by atoms with Crippen LogP contribution in [0.5, 0.6) is 0 Å². The Labute approximate surface area is 196 Å². The van der Waals surface area contributed by atoms with Gasteiger partial charge in [-0.2, -0.15) is 0 Å². The number of pyridine rings is 1. The first-order valence-corrected chi connectivity index (χ1v) is 11.6. The smallest absolute Gasteiger partial charge is 0.211 e. The van der Waals surface area contributed by atoms with Crippen molar-refractivity contribution >= 4 is 23.2 Å². The lowest BCUT2D eigenvalue weighted by Crippen LogP contribution is -2.39. The fourth-order valence-corrected chi connectivity index (χ4v) is 5.00. The summed E-state index contributed by atoms with van der Waals surface area (Å²) in [5, 5.41) is 9.04. The van der Waals surface area contributed by atoms with E-state index in [1.54, 1.807) is 6.20 Å². The molecule has 1 N–H and O–H groups in total. The standard InChI is InChI=1S/C25H24N6OS/c1-16-9-10-19(15-26-16)24-27-28-25-31(24)29-21(17-11-13-20(14-12-17)30(2)3)23(33-25)22(32)18-7-5-4-6-8-18/h4-15,21,23,29H,1-3H3. The summed E-state index contributed by atoms with van der Waals surface area (Å²) >= 11 is 1.44. The number of ketones is 1. The lowest BCUT2D eigenvalue weighted by molar-refractivity contribution is 0.0980. The minimum atomic E-state index is -0.390. The van der Waals surface area contributed by atoms with E-state index < -0.39 is 5.25 Å². The Morgan fingerprint density at radius 2 is 1.76 bits per heavy atom. The van der Waals surface area contributed by atoms with Crippen LogP contribution in [0.15, 0.2) is 78.1 Å². The molecule has 2 aromatic carbocycles. The van der Waals surface area contributed by atoms with Gasteiger partial charge in [-0.3, -0.25) is 9.78 Å². The van der Waals surface area contributed by atoms with Crippen molar-refractivity contribution in [1.82, 2.24) is 19.9 Å². The molecule has 0 saturated heterocycles. The quantitative estimate of drug-likeness (QED) is 0.447. The van der Waals surface area contributed by atoms with E-state index in [2.05, 4.69) is 49.8 Å². The van der Waals surface area contributed by atoms with Crippen molar-refractivity contribution in [2.45, 2.75) is 23.4 Å². The number of fused-ring (bicyclic) bond motifs is 1. The number of carbonyl (C=O) groups excluding carboxylic acids is 1. The van der Waals surface area contributed by atoms with Gasteiger partial charge in [-0.25, -0.2) is 4.68 Å². The predicted octanol–water partition coefficient (Wildman–Crippen LogP) is 4.36. The molecule has 1 aliphatic heterocycles. The molecule has 166 valence electrons. The van der Waals surface area contributed by atoms with Crippen LogP contribution in [0.3, 0.4) is 0 Å². The number of aryl methyl sites for hydroxylation is 1. The second-order valence-corrected chi connectivity index (χ2v) is 9.30. The van der Waals surface area contributed by atoms with E-state index in [0.29, 0.717) is 16.5 Å². The Bertz CT molecular complexity index is 1270. The number of rotatable bonds is 5. The van der Waals surface area contributed by atoms with Crippen LogP contribution in [0.1, 0.15) is 27.7 Å². The van der Waals surface area contributed by atoms with Crippen LogP contribution in [0.2, 0.25) is 0 Å². The van der Waals surface area contributed by atoms with Gasteiger partial charge in [0.05, 0.1) is 6.04 Å². The number of hydrogen-bond acceptors (Lipinski definition) is 7. The number of nitrogens with one attached hydrogen (secondary N) is 1. The lowest BCUT2D eigenvalue weighted by atomic mass is 9.97. The van der Waals surface area contributed by atoms with Crippen molar-refractivity contribution in [3.05, 3.63) is 89.7 Å². The van der Waals surface area contributed by atoms with Crippen LogP contribution in [0.25, 0.3) is 11.4 Å². The molecular weight excluding hydrogens is 432 g/mol. The van der Waals surface area contributed by atoms with Crippen LogP contribution in [-0.2, 0) is 0 Å². The van der Waals surface area contributed by atoms with Gasteiger partial charge in [0.25, 0.3) is 0 Å². The van der Waals surface area contributed by atoms with E-state index in [0.717, 1.165) is 22.5 Å². The minimum absolute atomic E-state index is 0.0580. The van der Waals surface area contributed by atoms with Gasteiger partial charge in [0.1, 0.15) is 5.25 Å². The minimum Gasteiger partial charge on any atom is -0.378 e. The summed E-state index contributed by atoms with van der Waals surface area (Å²) in [6, 6.07) is 21.4. The van der Waals surface area contributed by atoms with Gasteiger partial charge in [-0.15, -0.1) is 10.2 Å². The van der Waals surface area contributed by atoms with Crippen LogP contribution in [0, 0.1) is 6.92 Å². The highest BCUT2D eigenvalue weighted by molar-refractivity contribution is 8.00. The second-order valence-electron chi connectivity index (χ2n) is 8.19. The van der Waals surface area contributed by atoms with E-state index in [9.17, 15) is 4.79 Å². The molecule has 0 aliphatic carbocycles. The monoisotopic (exact) mass is 456 g/mol. The zero-order valence-electron chi connectivity index (χ0n) is 18.6. The van der Waals surface area contributed by atoms with Crippen LogP contribution >= 0.6 is 11.8 Å². The molecule has 8 heteroatoms. The molecule has 0 bridgehead atoms. The molecule has 5 rings (SSSR count). The number of benzene rings is 2. The third-order valence-electron chi connectivity index (χ3n) is 5.69. The Kier molecular flexibility index (Phi) is 5.60. The maximum atomic E-state index is 13.5. The topological polar surface area (TPSA) is 75.9 Å². The maximum Gasteiger partial charge on any atom is 0.211 e. The first-order valence-electron chi connectivity index (χ1n) is 10.7. The molecule has 2 atom stereocenters. The lowest BCUT2D eigenvalue weighted by Gasteiger charge is -2.33. The van der Waals surface area contributed by atoms with Crippen LogP contribution in [-0.4, -0.2) is 45.0 Å². The third kappa shape index (κ3) is 4.09. The van der Waals surface area contributed by atoms with Crippen molar-refractivity contribution in [3.8, 4) is 11.4 Å². The van der Waals surface area contributed by atoms with E-state index in [1.165, 1.54) is 11.8 Å². The summed E-state index contributed by atoms with van der Waals surface area (Å²) in [7, 11) is 4.02. The fourth-order valence-electron chi connectivity index (χ4n) is 3.84. The second kappa shape index (κ2) is 8.71. The number of anilines is 1. The average molecular weight is 457 g/mol. The molecule has 0 radical (unpaired) electrons. The SMILES string of the molecule is Cc1ccc(-c2nnc3n2NC(c2ccc(N(C)C)cc2)C(C(=O)c2ccccc2)S3)cn1. The van der Waals surface area contributed by atoms with E-state index in [4.69, 9.17) is 0 Å². The number of carbonyl (C=O) groups is 1. The fraction of sp³-hybridized carbons (Fsp3) is 0.200. The van der Waals surface area contributed by atoms with Gasteiger partial charge < -0.3 is 10.3 Å². The number of aromatic nitrogens is 4. The molecule has 33 heavy (non-hydrogen) atoms. The maximum absolute atomic E-state index is 13.5. The van der Waals surface area contributed by atoms with Gasteiger partial charge in [-0.05, 0) is 36.8 Å². The highest BCUT2D eigenvalue weighted by Gasteiger charge is 2.38. The first kappa shape index (κ1) is 21.2. The Morgan fingerprint density at radius 3 is 2.42 bits per heavy atom. The zero-order chi connectivity index (χ0) is 22.9. The van der Waals surface area contributed by atoms with E-state index in [-0.39, 0.29) is 11.8 Å². The molecule has 4 aromatic rings. The number of hydrogen-bond donors (Lipinski definition) is 1. The van der Waals surface area contributed by atoms with Crippen LogP contribution < -0.4 is 10.3 Å². The number of nitrogens with zero attached hydrogens (tertiary/aromatic N) is 5. The summed E-state index contributed by atoms with van der Waals surface area (Å²) in [5.41, 5.74) is 8.14. The summed E-state index contributed by atoms with van der Waals surface area (Å²) in [6.07, 6.45) is 1.79. The first-order chi connectivity index (χ1) is 16.0. The highest BCUT2D eigenvalue weighted by atomic mass is 32.2. The van der Waals surface area contributed by atoms with Crippen molar-refractivity contribution in [2.24, 2.45) is 0 Å². The van der Waals surface area contributed by atoms with Gasteiger partial charge in [0, 0.05) is 42.8 Å². The largest absolute Gasteiger partial charge is 0.378 e. The van der Waals surface area contributed by atoms with Crippen molar-refractivity contribution < 1.29 is 4.79 Å². The van der Waals surface area contributed by atoms with Crippen molar-refractivity contribution in [1.29, 1.82) is 0 Å². The van der Waals surface area contributed by atoms with Gasteiger partial charge in [-0.1, -0.05) is 54.2 Å². The predicted molar refractivity (Wildman–Crippen MR) is 131 cm³/mol. The van der Waals surface area contributed by atoms with Crippen molar-refractivity contribution in [2.75, 3.05) is 24.4 Å². The summed E-state index contributed by atoms with van der Waals surface area (Å²) in [5.74, 6) is 0.730. The molecule has 2 aromatic heterocycles. The zero-order valence-corrected chi connectivity index (χ0v) is 19.5. The van der Waals surface area contributed by atoms with Gasteiger partial charge in [0.2, 0.25) is 5.16 Å². The molecular formula is C25H24N6OS. The highest BCUT2D eigenvalue weighted by Crippen LogP contribution is 2.40. The average Bonchev–Trinajstić information content (AvgIpc) is 3.27. The Morgan fingerprint density at radius 1 is 1.00 bits per heavy atom. The summed E-state index contributed by atoms with van der Waals surface area (Å²) in [4.78, 5) is 20.0. The Hall–Kier alpha value is -3.65. The molecule has 2 unspecified atom stereocenters. The number of Topliss-reactive ketones (excluding diaryl/α,β-unsaturated/α-hetero) is 1.